The standard InChI is InChI=1S/C10H7N5O3/c16-9(8-11-4-12-15-8)13-5-1-2-7-6(3-5)14-10(17)18-7/h1-4H,(H,13,16)(H,14,17)(H,11,12,15). The summed E-state index contributed by atoms with van der Waals surface area (Å²) in [6, 6.07) is 4.80. The van der Waals surface area contributed by atoms with Crippen LogP contribution in [-0.2, 0) is 0 Å². The van der Waals surface area contributed by atoms with E-state index < -0.39 is 11.7 Å². The van der Waals surface area contributed by atoms with Gasteiger partial charge in [-0.05, 0) is 18.2 Å². The Morgan fingerprint density at radius 1 is 1.39 bits per heavy atom. The van der Waals surface area contributed by atoms with E-state index in [4.69, 9.17) is 4.42 Å². The molecular formula is C10H7N5O3. The molecule has 0 radical (unpaired) electrons. The molecular weight excluding hydrogens is 238 g/mol. The molecule has 0 atom stereocenters. The molecule has 90 valence electrons. The third-order valence-corrected chi connectivity index (χ3v) is 2.31. The fourth-order valence-electron chi connectivity index (χ4n) is 1.53. The minimum absolute atomic E-state index is 0.107. The van der Waals surface area contributed by atoms with Crippen LogP contribution < -0.4 is 11.1 Å². The van der Waals surface area contributed by atoms with Crippen molar-refractivity contribution in [2.75, 3.05) is 5.32 Å². The number of aromatic nitrogens is 4. The van der Waals surface area contributed by atoms with Crippen LogP contribution in [0.15, 0.2) is 33.7 Å². The maximum atomic E-state index is 11.7. The Morgan fingerprint density at radius 2 is 2.28 bits per heavy atom. The van der Waals surface area contributed by atoms with Crippen molar-refractivity contribution in [2.24, 2.45) is 0 Å². The third kappa shape index (κ3) is 1.75. The molecule has 3 N–H and O–H groups in total. The van der Waals surface area contributed by atoms with Crippen LogP contribution >= 0.6 is 0 Å². The minimum atomic E-state index is -0.538. The summed E-state index contributed by atoms with van der Waals surface area (Å²) in [7, 11) is 0. The van der Waals surface area contributed by atoms with E-state index >= 15 is 0 Å². The van der Waals surface area contributed by atoms with Gasteiger partial charge < -0.3 is 9.73 Å². The second-order valence-corrected chi connectivity index (χ2v) is 3.51. The maximum absolute atomic E-state index is 11.7. The number of amides is 1. The lowest BCUT2D eigenvalue weighted by molar-refractivity contribution is 0.101. The summed E-state index contributed by atoms with van der Waals surface area (Å²) in [5.41, 5.74) is 1.45. The molecule has 8 heteroatoms. The van der Waals surface area contributed by atoms with Gasteiger partial charge in [-0.3, -0.25) is 14.9 Å². The van der Waals surface area contributed by atoms with Gasteiger partial charge >= 0.3 is 5.76 Å². The Hall–Kier alpha value is -2.90. The van der Waals surface area contributed by atoms with E-state index in [0.717, 1.165) is 0 Å². The lowest BCUT2D eigenvalue weighted by atomic mass is 10.3. The van der Waals surface area contributed by atoms with Gasteiger partial charge in [-0.25, -0.2) is 9.78 Å². The monoisotopic (exact) mass is 245 g/mol. The summed E-state index contributed by atoms with van der Waals surface area (Å²) in [5, 5.41) is 8.64. The quantitative estimate of drug-likeness (QED) is 0.607. The first kappa shape index (κ1) is 10.3. The van der Waals surface area contributed by atoms with Crippen molar-refractivity contribution in [2.45, 2.75) is 0 Å². The maximum Gasteiger partial charge on any atom is 0.417 e. The van der Waals surface area contributed by atoms with Crippen molar-refractivity contribution in [3.8, 4) is 0 Å². The van der Waals surface area contributed by atoms with Gasteiger partial charge in [0.05, 0.1) is 5.52 Å². The summed E-state index contributed by atoms with van der Waals surface area (Å²) >= 11 is 0. The number of nitrogens with zero attached hydrogens (tertiary/aromatic N) is 2. The highest BCUT2D eigenvalue weighted by molar-refractivity contribution is 6.02. The van der Waals surface area contributed by atoms with Gasteiger partial charge in [0.15, 0.2) is 5.58 Å². The largest absolute Gasteiger partial charge is 0.417 e. The average molecular weight is 245 g/mol. The number of rotatable bonds is 2. The molecule has 0 fully saturated rings. The van der Waals surface area contributed by atoms with E-state index in [1.54, 1.807) is 18.2 Å². The molecule has 0 aliphatic carbocycles. The second kappa shape index (κ2) is 3.84. The van der Waals surface area contributed by atoms with Crippen molar-refractivity contribution in [1.29, 1.82) is 0 Å². The molecule has 1 amide bonds. The lowest BCUT2D eigenvalue weighted by Crippen LogP contribution is -2.13. The van der Waals surface area contributed by atoms with E-state index in [0.29, 0.717) is 16.8 Å². The number of carbonyl (C=O) groups is 1. The molecule has 0 aliphatic heterocycles. The topological polar surface area (TPSA) is 117 Å². The lowest BCUT2D eigenvalue weighted by Gasteiger charge is -2.01. The van der Waals surface area contributed by atoms with Crippen molar-refractivity contribution in [1.82, 2.24) is 20.2 Å². The van der Waals surface area contributed by atoms with Crippen LogP contribution in [-0.4, -0.2) is 26.1 Å². The van der Waals surface area contributed by atoms with Crippen molar-refractivity contribution < 1.29 is 9.21 Å². The fourth-order valence-corrected chi connectivity index (χ4v) is 1.53. The molecule has 1 aromatic carbocycles. The van der Waals surface area contributed by atoms with E-state index in [9.17, 15) is 9.59 Å². The molecule has 0 unspecified atom stereocenters. The molecule has 0 saturated carbocycles. The summed E-state index contributed by atoms with van der Waals surface area (Å²) in [6.07, 6.45) is 1.24. The highest BCUT2D eigenvalue weighted by Gasteiger charge is 2.09. The van der Waals surface area contributed by atoms with Crippen LogP contribution in [0.3, 0.4) is 0 Å². The molecule has 2 aromatic heterocycles. The Labute approximate surface area is 99.0 Å². The first-order chi connectivity index (χ1) is 8.72. The first-order valence-corrected chi connectivity index (χ1v) is 5.02. The number of oxazole rings is 1. The normalized spacial score (nSPS) is 10.7. The number of nitrogens with one attached hydrogen (secondary N) is 3. The average Bonchev–Trinajstić information content (AvgIpc) is 2.95. The van der Waals surface area contributed by atoms with Crippen LogP contribution in [0.25, 0.3) is 11.1 Å². The van der Waals surface area contributed by atoms with E-state index in [1.807, 2.05) is 0 Å². The second-order valence-electron chi connectivity index (χ2n) is 3.51. The summed E-state index contributed by atoms with van der Waals surface area (Å²) in [4.78, 5) is 28.9. The van der Waals surface area contributed by atoms with Gasteiger partial charge in [-0.1, -0.05) is 0 Å². The highest BCUT2D eigenvalue weighted by Crippen LogP contribution is 2.16. The number of benzene rings is 1. The van der Waals surface area contributed by atoms with Gasteiger partial charge in [0.25, 0.3) is 5.91 Å². The zero-order chi connectivity index (χ0) is 12.5. The van der Waals surface area contributed by atoms with Crippen LogP contribution in [0.4, 0.5) is 5.69 Å². The molecule has 2 heterocycles. The van der Waals surface area contributed by atoms with Gasteiger partial charge in [-0.2, -0.15) is 5.10 Å². The Bertz CT molecular complexity index is 755. The number of anilines is 1. The molecule has 8 nitrogen and oxygen atoms in total. The fraction of sp³-hybridized carbons (Fsp3) is 0. The van der Waals surface area contributed by atoms with Gasteiger partial charge in [0.2, 0.25) is 5.82 Å². The van der Waals surface area contributed by atoms with Crippen molar-refractivity contribution >= 4 is 22.7 Å². The predicted octanol–water partition coefficient (Wildman–Crippen LogP) is 0.491. The number of aromatic amines is 2. The van der Waals surface area contributed by atoms with Crippen molar-refractivity contribution in [3.63, 3.8) is 0 Å². The molecule has 0 spiro atoms. The smallest absolute Gasteiger partial charge is 0.408 e. The van der Waals surface area contributed by atoms with Crippen LogP contribution in [0.5, 0.6) is 0 Å². The third-order valence-electron chi connectivity index (χ3n) is 2.31. The van der Waals surface area contributed by atoms with Crippen LogP contribution in [0.2, 0.25) is 0 Å². The zero-order valence-corrected chi connectivity index (χ0v) is 8.93. The Morgan fingerprint density at radius 3 is 3.06 bits per heavy atom. The van der Waals surface area contributed by atoms with E-state index in [1.165, 1.54) is 6.33 Å². The Kier molecular flexibility index (Phi) is 2.19. The van der Waals surface area contributed by atoms with Gasteiger partial charge in [0, 0.05) is 5.69 Å². The molecule has 3 rings (SSSR count). The number of hydrogen-bond donors (Lipinski definition) is 3. The first-order valence-electron chi connectivity index (χ1n) is 5.02. The molecule has 3 aromatic rings. The summed E-state index contributed by atoms with van der Waals surface area (Å²) in [5.74, 6) is -0.850. The van der Waals surface area contributed by atoms with Crippen molar-refractivity contribution in [3.05, 3.63) is 40.9 Å². The summed E-state index contributed by atoms with van der Waals surface area (Å²) in [6.45, 7) is 0. The highest BCUT2D eigenvalue weighted by atomic mass is 16.4. The minimum Gasteiger partial charge on any atom is -0.408 e. The zero-order valence-electron chi connectivity index (χ0n) is 8.93. The van der Waals surface area contributed by atoms with Crippen LogP contribution in [0.1, 0.15) is 10.6 Å². The number of H-pyrrole nitrogens is 2. The summed E-state index contributed by atoms with van der Waals surface area (Å²) < 4.78 is 4.85. The number of fused-ring (bicyclic) bond motifs is 1. The molecule has 18 heavy (non-hydrogen) atoms. The Balaban J connectivity index is 1.91. The van der Waals surface area contributed by atoms with Gasteiger partial charge in [0.1, 0.15) is 6.33 Å². The van der Waals surface area contributed by atoms with Gasteiger partial charge in [-0.15, -0.1) is 0 Å². The SMILES string of the molecule is O=C(Nc1ccc2oc(=O)[nH]c2c1)c1ncn[nH]1. The molecule has 0 saturated heterocycles. The molecule has 0 aliphatic rings. The predicted molar refractivity (Wildman–Crippen MR) is 61.2 cm³/mol. The molecule has 0 bridgehead atoms. The van der Waals surface area contributed by atoms with E-state index in [-0.39, 0.29) is 5.82 Å². The number of carbonyl (C=O) groups excluding carboxylic acids is 1. The van der Waals surface area contributed by atoms with Crippen LogP contribution in [0, 0.1) is 0 Å². The number of hydrogen-bond acceptors (Lipinski definition) is 5. The van der Waals surface area contributed by atoms with E-state index in [2.05, 4.69) is 25.5 Å².